The lowest BCUT2D eigenvalue weighted by Gasteiger charge is -2.29. The average Bonchev–Trinajstić information content (AvgIpc) is 2.71. The van der Waals surface area contributed by atoms with Gasteiger partial charge >= 0.3 is 5.97 Å². The first-order valence-electron chi connectivity index (χ1n) is 10.2. The Morgan fingerprint density at radius 1 is 1.14 bits per heavy atom. The van der Waals surface area contributed by atoms with E-state index in [1.165, 1.54) is 18.1 Å². The number of esters is 1. The molecule has 5 nitrogen and oxygen atoms in total. The van der Waals surface area contributed by atoms with Crippen molar-refractivity contribution in [2.45, 2.75) is 57.9 Å². The fourth-order valence-corrected chi connectivity index (χ4v) is 4.27. The molecule has 0 bridgehead atoms. The number of carbonyl (C=O) groups is 2. The Morgan fingerprint density at radius 3 is 2.54 bits per heavy atom. The van der Waals surface area contributed by atoms with Crippen molar-refractivity contribution in [2.75, 3.05) is 7.11 Å². The first-order chi connectivity index (χ1) is 13.5. The highest BCUT2D eigenvalue weighted by molar-refractivity contribution is 5.85. The Morgan fingerprint density at radius 2 is 1.86 bits per heavy atom. The highest BCUT2D eigenvalue weighted by atomic mass is 16.5. The number of hydrogen-bond acceptors (Lipinski definition) is 4. The zero-order valence-electron chi connectivity index (χ0n) is 17.0. The van der Waals surface area contributed by atoms with E-state index in [-0.39, 0.29) is 17.8 Å². The fourth-order valence-electron chi connectivity index (χ4n) is 4.27. The third-order valence-electron chi connectivity index (χ3n) is 5.88. The van der Waals surface area contributed by atoms with Gasteiger partial charge in [-0.25, -0.2) is 4.79 Å². The molecule has 1 aliphatic rings. The van der Waals surface area contributed by atoms with Gasteiger partial charge in [-0.05, 0) is 61.1 Å². The molecule has 1 fully saturated rings. The molecular weight excluding hydrogens is 352 g/mol. The van der Waals surface area contributed by atoms with E-state index in [4.69, 9.17) is 4.74 Å². The molecular formula is C23H30N2O3. The normalized spacial score (nSPS) is 20.7. The van der Waals surface area contributed by atoms with Crippen LogP contribution in [0.15, 0.2) is 36.5 Å². The van der Waals surface area contributed by atoms with Gasteiger partial charge in [0.25, 0.3) is 0 Å². The van der Waals surface area contributed by atoms with Crippen LogP contribution in [0, 0.1) is 11.8 Å². The summed E-state index contributed by atoms with van der Waals surface area (Å²) in [4.78, 5) is 28.8. The van der Waals surface area contributed by atoms with Crippen molar-refractivity contribution >= 4 is 22.8 Å². The van der Waals surface area contributed by atoms with Crippen molar-refractivity contribution < 1.29 is 14.3 Å². The van der Waals surface area contributed by atoms with Gasteiger partial charge < -0.3 is 10.1 Å². The van der Waals surface area contributed by atoms with Gasteiger partial charge in [0.1, 0.15) is 6.04 Å². The minimum atomic E-state index is -0.572. The fraction of sp³-hybridized carbons (Fsp3) is 0.522. The summed E-state index contributed by atoms with van der Waals surface area (Å²) in [5.41, 5.74) is 2.42. The van der Waals surface area contributed by atoms with E-state index in [2.05, 4.69) is 34.6 Å². The summed E-state index contributed by atoms with van der Waals surface area (Å²) in [7, 11) is 1.36. The third-order valence-corrected chi connectivity index (χ3v) is 5.88. The smallest absolute Gasteiger partial charge is 0.328 e. The molecule has 0 unspecified atom stereocenters. The molecule has 1 heterocycles. The van der Waals surface area contributed by atoms with Crippen LogP contribution < -0.4 is 5.32 Å². The molecule has 28 heavy (non-hydrogen) atoms. The Hall–Kier alpha value is -2.43. The maximum Gasteiger partial charge on any atom is 0.328 e. The summed E-state index contributed by atoms with van der Waals surface area (Å²) in [5, 5.41) is 4.10. The molecule has 2 aromatic rings. The minimum Gasteiger partial charge on any atom is -0.467 e. The van der Waals surface area contributed by atoms with Crippen molar-refractivity contribution in [3.8, 4) is 0 Å². The molecule has 0 aliphatic heterocycles. The van der Waals surface area contributed by atoms with Crippen LogP contribution in [0.5, 0.6) is 0 Å². The van der Waals surface area contributed by atoms with Crippen molar-refractivity contribution in [2.24, 2.45) is 11.8 Å². The minimum absolute atomic E-state index is 0.00658. The lowest BCUT2D eigenvalue weighted by atomic mass is 9.77. The number of fused-ring (bicyclic) bond motifs is 1. The summed E-state index contributed by atoms with van der Waals surface area (Å²) < 4.78 is 4.80. The number of para-hydroxylation sites is 1. The number of aromatic nitrogens is 1. The average molecular weight is 383 g/mol. The topological polar surface area (TPSA) is 68.3 Å². The van der Waals surface area contributed by atoms with Gasteiger partial charge in [0.15, 0.2) is 0 Å². The molecule has 0 radical (unpaired) electrons. The Balaban J connectivity index is 1.56. The largest absolute Gasteiger partial charge is 0.467 e. The highest BCUT2D eigenvalue weighted by Crippen LogP contribution is 2.39. The number of nitrogens with one attached hydrogen (secondary N) is 1. The van der Waals surface area contributed by atoms with E-state index in [0.29, 0.717) is 18.3 Å². The van der Waals surface area contributed by atoms with Crippen LogP contribution in [-0.2, 0) is 14.3 Å². The van der Waals surface area contributed by atoms with Crippen LogP contribution in [-0.4, -0.2) is 30.0 Å². The number of pyridine rings is 1. The molecule has 5 heteroatoms. The van der Waals surface area contributed by atoms with E-state index < -0.39 is 6.04 Å². The molecule has 1 aromatic heterocycles. The van der Waals surface area contributed by atoms with Crippen molar-refractivity contribution in [1.29, 1.82) is 0 Å². The number of carbonyl (C=O) groups excluding carboxylic acids is 2. The predicted molar refractivity (Wildman–Crippen MR) is 110 cm³/mol. The van der Waals surface area contributed by atoms with Crippen LogP contribution in [0.4, 0.5) is 0 Å². The Labute approximate surface area is 166 Å². The van der Waals surface area contributed by atoms with Gasteiger partial charge in [0.05, 0.1) is 12.6 Å². The van der Waals surface area contributed by atoms with Gasteiger partial charge in [-0.3, -0.25) is 9.78 Å². The summed E-state index contributed by atoms with van der Waals surface area (Å²) in [6.45, 7) is 3.82. The Bertz CT molecular complexity index is 820. The summed E-state index contributed by atoms with van der Waals surface area (Å²) in [5.74, 6) is 0.464. The standard InChI is InChI=1S/C23H30N2O3/c1-15(2)22(23(27)28-3)25-21(26)14-16-8-10-17(11-9-16)18-12-13-24-20-7-5-4-6-19(18)20/h4-7,12-13,15-17,22H,8-11,14H2,1-3H3,(H,25,26)/t16?,17?,22-/m0/s1. The summed E-state index contributed by atoms with van der Waals surface area (Å²) >= 11 is 0. The number of ether oxygens (including phenoxy) is 1. The van der Waals surface area contributed by atoms with E-state index in [1.807, 2.05) is 26.1 Å². The van der Waals surface area contributed by atoms with E-state index in [0.717, 1.165) is 31.2 Å². The molecule has 1 saturated carbocycles. The monoisotopic (exact) mass is 382 g/mol. The molecule has 1 N–H and O–H groups in total. The van der Waals surface area contributed by atoms with Gasteiger partial charge in [0, 0.05) is 18.0 Å². The second-order valence-corrected chi connectivity index (χ2v) is 8.15. The molecule has 150 valence electrons. The maximum absolute atomic E-state index is 12.4. The zero-order chi connectivity index (χ0) is 20.1. The van der Waals surface area contributed by atoms with E-state index in [1.54, 1.807) is 0 Å². The number of hydrogen-bond donors (Lipinski definition) is 1. The quantitative estimate of drug-likeness (QED) is 0.760. The van der Waals surface area contributed by atoms with Crippen LogP contribution in [0.3, 0.4) is 0 Å². The van der Waals surface area contributed by atoms with Crippen LogP contribution in [0.25, 0.3) is 10.9 Å². The van der Waals surface area contributed by atoms with Crippen LogP contribution in [0.1, 0.15) is 57.4 Å². The van der Waals surface area contributed by atoms with Crippen molar-refractivity contribution in [3.63, 3.8) is 0 Å². The number of nitrogens with zero attached hydrogens (tertiary/aromatic N) is 1. The number of amides is 1. The second-order valence-electron chi connectivity index (χ2n) is 8.15. The molecule has 0 spiro atoms. The number of benzene rings is 1. The SMILES string of the molecule is COC(=O)[C@@H](NC(=O)CC1CCC(c2ccnc3ccccc23)CC1)C(C)C. The lowest BCUT2D eigenvalue weighted by molar-refractivity contribution is -0.146. The molecule has 1 aromatic carbocycles. The Kier molecular flexibility index (Phi) is 6.65. The van der Waals surface area contributed by atoms with E-state index in [9.17, 15) is 9.59 Å². The number of rotatable bonds is 6. The zero-order valence-corrected chi connectivity index (χ0v) is 17.0. The van der Waals surface area contributed by atoms with Gasteiger partial charge in [0.2, 0.25) is 5.91 Å². The molecule has 1 atom stereocenters. The second kappa shape index (κ2) is 9.18. The van der Waals surface area contributed by atoms with Crippen molar-refractivity contribution in [1.82, 2.24) is 10.3 Å². The molecule has 3 rings (SSSR count). The number of methoxy groups -OCH3 is 1. The first kappa shape index (κ1) is 20.3. The lowest BCUT2D eigenvalue weighted by Crippen LogP contribution is -2.45. The highest BCUT2D eigenvalue weighted by Gasteiger charge is 2.28. The van der Waals surface area contributed by atoms with Gasteiger partial charge in [-0.2, -0.15) is 0 Å². The third kappa shape index (κ3) is 4.70. The molecule has 0 saturated heterocycles. The van der Waals surface area contributed by atoms with E-state index >= 15 is 0 Å². The molecule has 1 amide bonds. The first-order valence-corrected chi connectivity index (χ1v) is 10.2. The predicted octanol–water partition coefficient (Wildman–Crippen LogP) is 4.21. The summed E-state index contributed by atoms with van der Waals surface area (Å²) in [6, 6.07) is 9.86. The van der Waals surface area contributed by atoms with Gasteiger partial charge in [-0.15, -0.1) is 0 Å². The van der Waals surface area contributed by atoms with Crippen molar-refractivity contribution in [3.05, 3.63) is 42.1 Å². The summed E-state index contributed by atoms with van der Waals surface area (Å²) in [6.07, 6.45) is 6.59. The van der Waals surface area contributed by atoms with Crippen LogP contribution in [0.2, 0.25) is 0 Å². The van der Waals surface area contributed by atoms with Crippen LogP contribution >= 0.6 is 0 Å². The van der Waals surface area contributed by atoms with Gasteiger partial charge in [-0.1, -0.05) is 32.0 Å². The maximum atomic E-state index is 12.4. The molecule has 1 aliphatic carbocycles.